The molecule has 3 rings (SSSR count). The molecule has 0 aliphatic carbocycles. The predicted molar refractivity (Wildman–Crippen MR) is 154 cm³/mol. The van der Waals surface area contributed by atoms with Crippen LogP contribution in [-0.4, -0.2) is 35.1 Å². The fraction of sp³-hybridized carbons (Fsp3) is 0.333. The van der Waals surface area contributed by atoms with Gasteiger partial charge >= 0.3 is 0 Å². The Bertz CT molecular complexity index is 1120. The van der Waals surface area contributed by atoms with E-state index in [0.29, 0.717) is 31.2 Å². The first-order chi connectivity index (χ1) is 17.3. The van der Waals surface area contributed by atoms with E-state index in [1.807, 2.05) is 73.7 Å². The summed E-state index contributed by atoms with van der Waals surface area (Å²) >= 11 is 5.04. The standard InChI is InChI=1S/C30H35BrN2O2S/c1-22(2)18-32-30(35)28(17-24-10-5-4-6-11-24)33(19-26-12-8-7-9-23(26)3)29(34)21-36-20-25-13-15-27(31)16-14-25/h4-16,22,28H,17-21H2,1-3H3,(H,32,35)/t28-/m1/s1. The van der Waals surface area contributed by atoms with E-state index in [4.69, 9.17) is 0 Å². The number of nitrogens with zero attached hydrogens (tertiary/aromatic N) is 1. The smallest absolute Gasteiger partial charge is 0.243 e. The molecule has 0 bridgehead atoms. The van der Waals surface area contributed by atoms with E-state index in [2.05, 4.69) is 47.2 Å². The van der Waals surface area contributed by atoms with Gasteiger partial charge in [0.15, 0.2) is 0 Å². The summed E-state index contributed by atoms with van der Waals surface area (Å²) in [6, 6.07) is 25.6. The largest absolute Gasteiger partial charge is 0.354 e. The SMILES string of the molecule is Cc1ccccc1CN(C(=O)CSCc1ccc(Br)cc1)[C@H](Cc1ccccc1)C(=O)NCC(C)C. The molecule has 0 aliphatic rings. The molecule has 0 fully saturated rings. The fourth-order valence-corrected chi connectivity index (χ4v) is 5.00. The highest BCUT2D eigenvalue weighted by molar-refractivity contribution is 9.10. The van der Waals surface area contributed by atoms with Gasteiger partial charge in [0.25, 0.3) is 0 Å². The number of hydrogen-bond donors (Lipinski definition) is 1. The Labute approximate surface area is 228 Å². The number of benzene rings is 3. The zero-order chi connectivity index (χ0) is 25.9. The molecule has 0 aromatic heterocycles. The van der Waals surface area contributed by atoms with E-state index in [1.165, 1.54) is 0 Å². The molecule has 3 aromatic rings. The van der Waals surface area contributed by atoms with Gasteiger partial charge in [-0.05, 0) is 47.2 Å². The van der Waals surface area contributed by atoms with Crippen LogP contribution in [0.5, 0.6) is 0 Å². The number of aryl methyl sites for hydroxylation is 1. The Balaban J connectivity index is 1.84. The van der Waals surface area contributed by atoms with Crippen LogP contribution in [0.25, 0.3) is 0 Å². The normalized spacial score (nSPS) is 11.8. The summed E-state index contributed by atoms with van der Waals surface area (Å²) in [7, 11) is 0. The second kappa shape index (κ2) is 14.2. The summed E-state index contributed by atoms with van der Waals surface area (Å²) in [6.45, 7) is 7.17. The lowest BCUT2D eigenvalue weighted by Crippen LogP contribution is -2.51. The number of thioether (sulfide) groups is 1. The summed E-state index contributed by atoms with van der Waals surface area (Å²) in [6.07, 6.45) is 0.472. The number of rotatable bonds is 12. The number of hydrogen-bond acceptors (Lipinski definition) is 3. The van der Waals surface area contributed by atoms with E-state index in [0.717, 1.165) is 32.5 Å². The lowest BCUT2D eigenvalue weighted by molar-refractivity contribution is -0.139. The van der Waals surface area contributed by atoms with Crippen LogP contribution in [-0.2, 0) is 28.3 Å². The number of carbonyl (C=O) groups excluding carboxylic acids is 2. The predicted octanol–water partition coefficient (Wildman–Crippen LogP) is 6.40. The summed E-state index contributed by atoms with van der Waals surface area (Å²) < 4.78 is 1.04. The summed E-state index contributed by atoms with van der Waals surface area (Å²) in [5.74, 6) is 1.24. The number of amides is 2. The van der Waals surface area contributed by atoms with Crippen molar-refractivity contribution in [3.05, 3.63) is 106 Å². The monoisotopic (exact) mass is 566 g/mol. The molecular formula is C30H35BrN2O2S. The van der Waals surface area contributed by atoms with Crippen molar-refractivity contribution in [3.8, 4) is 0 Å². The van der Waals surface area contributed by atoms with Crippen LogP contribution in [0.15, 0.2) is 83.3 Å². The Kier molecular flexibility index (Phi) is 11.1. The first-order valence-electron chi connectivity index (χ1n) is 12.3. The van der Waals surface area contributed by atoms with Crippen molar-refractivity contribution in [3.63, 3.8) is 0 Å². The Hall–Kier alpha value is -2.57. The van der Waals surface area contributed by atoms with Gasteiger partial charge in [-0.1, -0.05) is 96.5 Å². The maximum Gasteiger partial charge on any atom is 0.243 e. The van der Waals surface area contributed by atoms with Crippen molar-refractivity contribution < 1.29 is 9.59 Å². The molecule has 4 nitrogen and oxygen atoms in total. The van der Waals surface area contributed by atoms with Gasteiger partial charge in [-0.2, -0.15) is 0 Å². The molecule has 1 atom stereocenters. The van der Waals surface area contributed by atoms with Gasteiger partial charge in [0.1, 0.15) is 6.04 Å². The van der Waals surface area contributed by atoms with Crippen LogP contribution in [0.4, 0.5) is 0 Å². The van der Waals surface area contributed by atoms with Crippen LogP contribution >= 0.6 is 27.7 Å². The van der Waals surface area contributed by atoms with Gasteiger partial charge in [0, 0.05) is 29.7 Å². The lowest BCUT2D eigenvalue weighted by atomic mass is 10.0. The molecule has 36 heavy (non-hydrogen) atoms. The van der Waals surface area contributed by atoms with E-state index in [9.17, 15) is 9.59 Å². The summed E-state index contributed by atoms with van der Waals surface area (Å²) in [4.78, 5) is 29.0. The average Bonchev–Trinajstić information content (AvgIpc) is 2.87. The van der Waals surface area contributed by atoms with Gasteiger partial charge in [-0.15, -0.1) is 11.8 Å². The zero-order valence-corrected chi connectivity index (χ0v) is 23.6. The molecule has 2 amide bonds. The molecule has 1 N–H and O–H groups in total. The Morgan fingerprint density at radius 3 is 2.25 bits per heavy atom. The van der Waals surface area contributed by atoms with Crippen molar-refractivity contribution >= 4 is 39.5 Å². The van der Waals surface area contributed by atoms with E-state index < -0.39 is 6.04 Å². The fourth-order valence-electron chi connectivity index (χ4n) is 3.87. The topological polar surface area (TPSA) is 49.4 Å². The number of halogens is 1. The molecule has 0 aliphatic heterocycles. The van der Waals surface area contributed by atoms with Gasteiger partial charge < -0.3 is 10.2 Å². The molecule has 0 saturated heterocycles. The second-order valence-corrected chi connectivity index (χ2v) is 11.3. The van der Waals surface area contributed by atoms with Gasteiger partial charge in [-0.3, -0.25) is 9.59 Å². The molecule has 3 aromatic carbocycles. The van der Waals surface area contributed by atoms with Crippen LogP contribution in [0.1, 0.15) is 36.1 Å². The zero-order valence-electron chi connectivity index (χ0n) is 21.2. The minimum Gasteiger partial charge on any atom is -0.354 e. The van der Waals surface area contributed by atoms with Crippen molar-refractivity contribution in [1.82, 2.24) is 10.2 Å². The maximum absolute atomic E-state index is 13.7. The first-order valence-corrected chi connectivity index (χ1v) is 14.3. The minimum absolute atomic E-state index is 0.0269. The van der Waals surface area contributed by atoms with E-state index in [-0.39, 0.29) is 11.8 Å². The molecule has 6 heteroatoms. The highest BCUT2D eigenvalue weighted by atomic mass is 79.9. The van der Waals surface area contributed by atoms with Gasteiger partial charge in [0.2, 0.25) is 11.8 Å². The van der Waals surface area contributed by atoms with E-state index in [1.54, 1.807) is 16.7 Å². The number of carbonyl (C=O) groups is 2. The third kappa shape index (κ3) is 8.82. The number of nitrogens with one attached hydrogen (secondary N) is 1. The van der Waals surface area contributed by atoms with Crippen molar-refractivity contribution in [2.75, 3.05) is 12.3 Å². The molecule has 0 unspecified atom stereocenters. The first kappa shape index (κ1) is 28.0. The Morgan fingerprint density at radius 2 is 1.58 bits per heavy atom. The molecular weight excluding hydrogens is 532 g/mol. The average molecular weight is 568 g/mol. The summed E-state index contributed by atoms with van der Waals surface area (Å²) in [5, 5.41) is 3.08. The second-order valence-electron chi connectivity index (χ2n) is 9.41. The van der Waals surface area contributed by atoms with Crippen molar-refractivity contribution in [1.29, 1.82) is 0 Å². The van der Waals surface area contributed by atoms with Crippen LogP contribution in [0, 0.1) is 12.8 Å². The third-order valence-corrected chi connectivity index (χ3v) is 7.48. The van der Waals surface area contributed by atoms with Crippen LogP contribution in [0.3, 0.4) is 0 Å². The minimum atomic E-state index is -0.591. The molecule has 0 saturated carbocycles. The Morgan fingerprint density at radius 1 is 0.917 bits per heavy atom. The van der Waals surface area contributed by atoms with Crippen molar-refractivity contribution in [2.45, 2.75) is 45.5 Å². The highest BCUT2D eigenvalue weighted by Gasteiger charge is 2.30. The van der Waals surface area contributed by atoms with Gasteiger partial charge in [-0.25, -0.2) is 0 Å². The van der Waals surface area contributed by atoms with E-state index >= 15 is 0 Å². The third-order valence-electron chi connectivity index (χ3n) is 5.97. The highest BCUT2D eigenvalue weighted by Crippen LogP contribution is 2.20. The lowest BCUT2D eigenvalue weighted by Gasteiger charge is -2.32. The molecule has 190 valence electrons. The molecule has 0 heterocycles. The van der Waals surface area contributed by atoms with Crippen molar-refractivity contribution in [2.24, 2.45) is 5.92 Å². The quantitative estimate of drug-likeness (QED) is 0.276. The summed E-state index contributed by atoms with van der Waals surface area (Å²) in [5.41, 5.74) is 4.36. The maximum atomic E-state index is 13.7. The van der Waals surface area contributed by atoms with Crippen LogP contribution in [0.2, 0.25) is 0 Å². The molecule has 0 radical (unpaired) electrons. The van der Waals surface area contributed by atoms with Gasteiger partial charge in [0.05, 0.1) is 5.75 Å². The molecule has 0 spiro atoms. The van der Waals surface area contributed by atoms with Crippen LogP contribution < -0.4 is 5.32 Å².